The van der Waals surface area contributed by atoms with Crippen molar-refractivity contribution in [3.63, 3.8) is 0 Å². The highest BCUT2D eigenvalue weighted by Gasteiger charge is 2.31. The van der Waals surface area contributed by atoms with Crippen LogP contribution in [0.15, 0.2) is 61.7 Å². The molecule has 2 rings (SSSR count). The monoisotopic (exact) mass is 691 g/mol. The highest BCUT2D eigenvalue weighted by Crippen LogP contribution is 2.33. The van der Waals surface area contributed by atoms with Crippen molar-refractivity contribution in [3.8, 4) is 29.1 Å². The largest absolute Gasteiger partial charge is 0.493 e. The van der Waals surface area contributed by atoms with Crippen LogP contribution < -0.4 is 18.9 Å². The summed E-state index contributed by atoms with van der Waals surface area (Å²) in [5.41, 5.74) is 1.67. The molecular weight excluding hydrogens is 634 g/mol. The number of allylic oxidation sites excluding steroid dienone is 1. The molecule has 0 fully saturated rings. The van der Waals surface area contributed by atoms with Crippen LogP contribution >= 0.6 is 0 Å². The number of carbonyl (C=O) groups excluding carboxylic acids is 1. The van der Waals surface area contributed by atoms with Gasteiger partial charge in [0.1, 0.15) is 6.61 Å². The van der Waals surface area contributed by atoms with Gasteiger partial charge in [-0.1, -0.05) is 63.7 Å². The third kappa shape index (κ3) is 15.1. The molecule has 0 spiro atoms. The van der Waals surface area contributed by atoms with Gasteiger partial charge in [0.15, 0.2) is 23.0 Å². The zero-order valence-electron chi connectivity index (χ0n) is 30.6. The molecule has 0 saturated heterocycles. The van der Waals surface area contributed by atoms with E-state index in [9.17, 15) is 10.1 Å². The van der Waals surface area contributed by atoms with E-state index in [-0.39, 0.29) is 18.0 Å². The zero-order valence-corrected chi connectivity index (χ0v) is 30.6. The minimum atomic E-state index is -0.376. The van der Waals surface area contributed by atoms with Gasteiger partial charge in [-0.25, -0.2) is 0 Å². The van der Waals surface area contributed by atoms with Crippen LogP contribution in [0, 0.1) is 16.7 Å². The molecule has 2 aromatic carbocycles. The second-order valence-electron chi connectivity index (χ2n) is 12.2. The first-order valence-corrected chi connectivity index (χ1v) is 17.6. The molecule has 0 heterocycles. The minimum absolute atomic E-state index is 0.167. The van der Waals surface area contributed by atoms with E-state index in [1.807, 2.05) is 30.3 Å². The van der Waals surface area contributed by atoms with Crippen LogP contribution in [-0.2, 0) is 19.0 Å². The van der Waals surface area contributed by atoms with Crippen LogP contribution in [0.4, 0.5) is 0 Å². The van der Waals surface area contributed by atoms with Gasteiger partial charge in [-0.15, -0.1) is 13.2 Å². The van der Waals surface area contributed by atoms with Crippen molar-refractivity contribution in [2.75, 3.05) is 61.0 Å². The number of methoxy groups -OCH3 is 3. The fourth-order valence-corrected chi connectivity index (χ4v) is 5.31. The average Bonchev–Trinajstić information content (AvgIpc) is 3.14. The Labute approximate surface area is 299 Å². The molecule has 9 nitrogen and oxygen atoms in total. The lowest BCUT2D eigenvalue weighted by molar-refractivity contribution is -0.151. The third-order valence-electron chi connectivity index (χ3n) is 8.42. The van der Waals surface area contributed by atoms with Crippen molar-refractivity contribution >= 4 is 17.6 Å². The topological polar surface area (TPSA) is 105 Å². The maximum absolute atomic E-state index is 12.4. The molecule has 0 aromatic heterocycles. The molecule has 0 amide bonds. The fraction of sp³-hybridized carbons (Fsp3) is 0.512. The number of nitrogens with zero attached hydrogens (tertiary/aromatic N) is 1. The standard InChI is InChI=1S/C41H57NO8/c1-7-23-47-30-41(9-3,31-48-24-8-2)32-50-40(43)18-16-14-12-10-11-13-15-17-25-49-37-21-19-33(27-38(37)45-5)26-35(29-42)34-20-22-36(44-4)39(28-34)46-6/h7-8,19-22,26-28H,1-2,9-18,23-25,30-32H2,3-6H3/b35-26+. The number of benzene rings is 2. The van der Waals surface area contributed by atoms with E-state index in [4.69, 9.17) is 33.2 Å². The summed E-state index contributed by atoms with van der Waals surface area (Å²) in [6.07, 6.45) is 14.8. The SMILES string of the molecule is C=CCOCC(CC)(COCC=C)COC(=O)CCCCCCCCCCOc1ccc(/C=C(\C#N)c2ccc(OC)c(OC)c2)cc1OC. The molecule has 0 bridgehead atoms. The van der Waals surface area contributed by atoms with E-state index >= 15 is 0 Å². The first-order valence-electron chi connectivity index (χ1n) is 17.6. The molecule has 2 aromatic rings. The van der Waals surface area contributed by atoms with Crippen molar-refractivity contribution in [1.29, 1.82) is 5.26 Å². The molecule has 0 N–H and O–H groups in total. The molecule has 0 saturated carbocycles. The fourth-order valence-electron chi connectivity index (χ4n) is 5.31. The summed E-state index contributed by atoms with van der Waals surface area (Å²) in [6, 6.07) is 13.3. The Morgan fingerprint density at radius 2 is 1.34 bits per heavy atom. The molecular formula is C41H57NO8. The van der Waals surface area contributed by atoms with E-state index in [0.717, 1.165) is 68.9 Å². The Bertz CT molecular complexity index is 1370. The first kappa shape index (κ1) is 41.9. The average molecular weight is 692 g/mol. The molecule has 50 heavy (non-hydrogen) atoms. The highest BCUT2D eigenvalue weighted by atomic mass is 16.5. The van der Waals surface area contributed by atoms with Crippen molar-refractivity contribution in [3.05, 3.63) is 72.8 Å². The number of unbranched alkanes of at least 4 members (excludes halogenated alkanes) is 7. The lowest BCUT2D eigenvalue weighted by Crippen LogP contribution is -2.37. The first-order chi connectivity index (χ1) is 24.4. The zero-order chi connectivity index (χ0) is 36.5. The molecule has 9 heteroatoms. The van der Waals surface area contributed by atoms with Gasteiger partial charge in [0.25, 0.3) is 0 Å². The summed E-state index contributed by atoms with van der Waals surface area (Å²) in [5, 5.41) is 9.82. The summed E-state index contributed by atoms with van der Waals surface area (Å²) in [5.74, 6) is 2.29. The van der Waals surface area contributed by atoms with Crippen molar-refractivity contribution in [2.45, 2.75) is 71.1 Å². The normalized spacial score (nSPS) is 11.4. The van der Waals surface area contributed by atoms with Crippen molar-refractivity contribution in [1.82, 2.24) is 0 Å². The molecule has 0 aliphatic carbocycles. The molecule has 0 aliphatic rings. The maximum atomic E-state index is 12.4. The Morgan fingerprint density at radius 3 is 1.92 bits per heavy atom. The maximum Gasteiger partial charge on any atom is 0.305 e. The van der Waals surface area contributed by atoms with E-state index in [1.54, 1.807) is 45.6 Å². The van der Waals surface area contributed by atoms with Gasteiger partial charge in [-0.05, 0) is 66.8 Å². The Balaban J connectivity index is 1.66. The Kier molecular flexibility index (Phi) is 20.8. The number of esters is 1. The number of rotatable bonds is 28. The number of carbonyl (C=O) groups is 1. The van der Waals surface area contributed by atoms with Gasteiger partial charge in [0.2, 0.25) is 0 Å². The van der Waals surface area contributed by atoms with Gasteiger partial charge >= 0.3 is 5.97 Å². The van der Waals surface area contributed by atoms with Gasteiger partial charge in [-0.3, -0.25) is 4.79 Å². The van der Waals surface area contributed by atoms with Crippen LogP contribution in [-0.4, -0.2) is 66.9 Å². The summed E-state index contributed by atoms with van der Waals surface area (Å²) < 4.78 is 39.3. The van der Waals surface area contributed by atoms with Gasteiger partial charge in [0.05, 0.1) is 71.4 Å². The Morgan fingerprint density at radius 1 is 0.760 bits per heavy atom. The van der Waals surface area contributed by atoms with Crippen LogP contribution in [0.2, 0.25) is 0 Å². The molecule has 0 unspecified atom stereocenters. The van der Waals surface area contributed by atoms with Crippen LogP contribution in [0.5, 0.6) is 23.0 Å². The highest BCUT2D eigenvalue weighted by molar-refractivity contribution is 5.90. The van der Waals surface area contributed by atoms with E-state index in [2.05, 4.69) is 26.2 Å². The summed E-state index contributed by atoms with van der Waals surface area (Å²) in [7, 11) is 4.76. The number of hydrogen-bond acceptors (Lipinski definition) is 9. The molecule has 0 atom stereocenters. The van der Waals surface area contributed by atoms with Crippen molar-refractivity contribution < 1.29 is 38.0 Å². The predicted molar refractivity (Wildman–Crippen MR) is 199 cm³/mol. The lowest BCUT2D eigenvalue weighted by atomic mass is 9.88. The summed E-state index contributed by atoms with van der Waals surface area (Å²) in [4.78, 5) is 12.4. The van der Waals surface area contributed by atoms with Crippen LogP contribution in [0.1, 0.15) is 82.3 Å². The number of ether oxygens (including phenoxy) is 7. The van der Waals surface area contributed by atoms with Gasteiger partial charge in [-0.2, -0.15) is 5.26 Å². The number of hydrogen-bond donors (Lipinski definition) is 0. The van der Waals surface area contributed by atoms with Gasteiger partial charge < -0.3 is 33.2 Å². The van der Waals surface area contributed by atoms with E-state index in [0.29, 0.717) is 68.0 Å². The predicted octanol–water partition coefficient (Wildman–Crippen LogP) is 9.01. The molecule has 0 radical (unpaired) electrons. The Hall–Kier alpha value is -4.26. The quantitative estimate of drug-likeness (QED) is 0.0284. The second kappa shape index (κ2) is 24.8. The summed E-state index contributed by atoms with van der Waals surface area (Å²) in [6.45, 7) is 12.1. The third-order valence-corrected chi connectivity index (χ3v) is 8.42. The summed E-state index contributed by atoms with van der Waals surface area (Å²) >= 11 is 0. The minimum Gasteiger partial charge on any atom is -0.493 e. The molecule has 274 valence electrons. The lowest BCUT2D eigenvalue weighted by Gasteiger charge is -2.31. The van der Waals surface area contributed by atoms with Crippen LogP contribution in [0.3, 0.4) is 0 Å². The van der Waals surface area contributed by atoms with Gasteiger partial charge in [0, 0.05) is 6.42 Å². The molecule has 0 aliphatic heterocycles. The van der Waals surface area contributed by atoms with Crippen LogP contribution in [0.25, 0.3) is 11.6 Å². The smallest absolute Gasteiger partial charge is 0.305 e. The van der Waals surface area contributed by atoms with E-state index in [1.165, 1.54) is 0 Å². The number of nitriles is 1. The van der Waals surface area contributed by atoms with E-state index < -0.39 is 0 Å². The van der Waals surface area contributed by atoms with Crippen molar-refractivity contribution in [2.24, 2.45) is 5.41 Å². The second-order valence-corrected chi connectivity index (χ2v) is 12.2.